The second-order valence-electron chi connectivity index (χ2n) is 8.84. The third kappa shape index (κ3) is 3.17. The van der Waals surface area contributed by atoms with Crippen molar-refractivity contribution in [2.24, 2.45) is 41.4 Å². The molecule has 0 amide bonds. The highest BCUT2D eigenvalue weighted by molar-refractivity contribution is 5.02. The molecule has 10 atom stereocenters. The molecule has 0 radical (unpaired) electrons. The number of aliphatic hydroxyl groups is 1. The molecule has 9 unspecified atom stereocenters. The van der Waals surface area contributed by atoms with E-state index in [2.05, 4.69) is 27.7 Å². The molecule has 3 nitrogen and oxygen atoms in total. The molecule has 3 aliphatic carbocycles. The van der Waals surface area contributed by atoms with Crippen molar-refractivity contribution >= 4 is 0 Å². The predicted molar refractivity (Wildman–Crippen MR) is 96.8 cm³/mol. The van der Waals surface area contributed by atoms with Gasteiger partial charge < -0.3 is 14.6 Å². The summed E-state index contributed by atoms with van der Waals surface area (Å²) in [5.41, 5.74) is 0. The van der Waals surface area contributed by atoms with Crippen molar-refractivity contribution in [2.75, 3.05) is 13.7 Å². The number of hydrogen-bond donors (Lipinski definition) is 1. The van der Waals surface area contributed by atoms with E-state index in [0.29, 0.717) is 35.9 Å². The molecule has 3 aliphatic rings. The first kappa shape index (κ1) is 18.7. The molecule has 0 aromatic heterocycles. The fourth-order valence-electron chi connectivity index (χ4n) is 6.73. The van der Waals surface area contributed by atoms with E-state index in [1.165, 1.54) is 19.3 Å². The quantitative estimate of drug-likeness (QED) is 0.837. The number of aliphatic hydroxyl groups excluding tert-OH is 1. The van der Waals surface area contributed by atoms with Crippen LogP contribution in [0.4, 0.5) is 0 Å². The molecule has 0 bridgehead atoms. The van der Waals surface area contributed by atoms with Gasteiger partial charge >= 0.3 is 0 Å². The Morgan fingerprint density at radius 2 is 1.67 bits per heavy atom. The van der Waals surface area contributed by atoms with Gasteiger partial charge in [-0.2, -0.15) is 0 Å². The molecule has 0 aromatic carbocycles. The lowest BCUT2D eigenvalue weighted by atomic mass is 9.49. The Labute approximate surface area is 148 Å². The van der Waals surface area contributed by atoms with Crippen LogP contribution in [0, 0.1) is 41.4 Å². The Kier molecular flexibility index (Phi) is 5.94. The van der Waals surface area contributed by atoms with Crippen LogP contribution >= 0.6 is 0 Å². The molecule has 0 aromatic rings. The number of rotatable bonds is 4. The SMILES string of the molecule is CCO[C@H](C)C1CC(OC)C(C)C2CCC3C(C)C(O)CCC3C21. The van der Waals surface area contributed by atoms with Crippen molar-refractivity contribution in [3.8, 4) is 0 Å². The first-order chi connectivity index (χ1) is 11.5. The second-order valence-corrected chi connectivity index (χ2v) is 8.84. The smallest absolute Gasteiger partial charge is 0.0603 e. The van der Waals surface area contributed by atoms with Gasteiger partial charge in [-0.1, -0.05) is 13.8 Å². The summed E-state index contributed by atoms with van der Waals surface area (Å²) in [6.45, 7) is 9.88. The number of hydrogen-bond acceptors (Lipinski definition) is 3. The third-order valence-electron chi connectivity index (χ3n) is 8.05. The van der Waals surface area contributed by atoms with E-state index >= 15 is 0 Å². The lowest BCUT2D eigenvalue weighted by Gasteiger charge is -2.57. The van der Waals surface area contributed by atoms with Gasteiger partial charge in [-0.15, -0.1) is 0 Å². The maximum Gasteiger partial charge on any atom is 0.0603 e. The number of methoxy groups -OCH3 is 1. The van der Waals surface area contributed by atoms with Gasteiger partial charge in [-0.3, -0.25) is 0 Å². The topological polar surface area (TPSA) is 38.7 Å². The first-order valence-corrected chi connectivity index (χ1v) is 10.3. The van der Waals surface area contributed by atoms with Crippen LogP contribution in [0.3, 0.4) is 0 Å². The maximum atomic E-state index is 10.4. The van der Waals surface area contributed by atoms with Gasteiger partial charge in [-0.25, -0.2) is 0 Å². The fourth-order valence-corrected chi connectivity index (χ4v) is 6.73. The third-order valence-corrected chi connectivity index (χ3v) is 8.05. The van der Waals surface area contributed by atoms with Crippen molar-refractivity contribution in [3.05, 3.63) is 0 Å². The largest absolute Gasteiger partial charge is 0.393 e. The molecule has 0 spiro atoms. The van der Waals surface area contributed by atoms with Crippen molar-refractivity contribution in [1.29, 1.82) is 0 Å². The average molecular weight is 339 g/mol. The molecular formula is C21H38O3. The molecular weight excluding hydrogens is 300 g/mol. The van der Waals surface area contributed by atoms with Crippen LogP contribution in [0.15, 0.2) is 0 Å². The predicted octanol–water partition coefficient (Wildman–Crippen LogP) is 4.13. The number of fused-ring (bicyclic) bond motifs is 3. The second kappa shape index (κ2) is 7.63. The van der Waals surface area contributed by atoms with Crippen LogP contribution < -0.4 is 0 Å². The number of ether oxygens (including phenoxy) is 2. The highest BCUT2D eigenvalue weighted by Crippen LogP contribution is 2.57. The van der Waals surface area contributed by atoms with Crippen LogP contribution in [0.2, 0.25) is 0 Å². The van der Waals surface area contributed by atoms with Gasteiger partial charge in [-0.05, 0) is 87.4 Å². The lowest BCUT2D eigenvalue weighted by Crippen LogP contribution is -2.55. The summed E-state index contributed by atoms with van der Waals surface area (Å²) in [6.07, 6.45) is 6.54. The summed E-state index contributed by atoms with van der Waals surface area (Å²) >= 11 is 0. The summed E-state index contributed by atoms with van der Waals surface area (Å²) in [4.78, 5) is 0. The molecule has 0 aliphatic heterocycles. The van der Waals surface area contributed by atoms with Crippen LogP contribution in [0.1, 0.15) is 59.8 Å². The minimum absolute atomic E-state index is 0.0849. The Hall–Kier alpha value is -0.120. The van der Waals surface area contributed by atoms with E-state index in [1.807, 2.05) is 7.11 Å². The zero-order chi connectivity index (χ0) is 17.4. The summed E-state index contributed by atoms with van der Waals surface area (Å²) in [7, 11) is 1.88. The van der Waals surface area contributed by atoms with Crippen LogP contribution in [-0.2, 0) is 9.47 Å². The Morgan fingerprint density at radius 3 is 2.33 bits per heavy atom. The van der Waals surface area contributed by atoms with Gasteiger partial charge in [0.05, 0.1) is 18.3 Å². The Morgan fingerprint density at radius 1 is 1.00 bits per heavy atom. The van der Waals surface area contributed by atoms with Crippen LogP contribution in [0.25, 0.3) is 0 Å². The van der Waals surface area contributed by atoms with Crippen molar-refractivity contribution in [3.63, 3.8) is 0 Å². The van der Waals surface area contributed by atoms with Crippen LogP contribution in [-0.4, -0.2) is 37.1 Å². The molecule has 0 heterocycles. The van der Waals surface area contributed by atoms with Gasteiger partial charge in [0, 0.05) is 13.7 Å². The van der Waals surface area contributed by atoms with E-state index in [1.54, 1.807) is 0 Å². The fraction of sp³-hybridized carbons (Fsp3) is 1.00. The van der Waals surface area contributed by atoms with Gasteiger partial charge in [0.15, 0.2) is 0 Å². The van der Waals surface area contributed by atoms with Crippen LogP contribution in [0.5, 0.6) is 0 Å². The molecule has 3 fully saturated rings. The lowest BCUT2D eigenvalue weighted by molar-refractivity contribution is -0.151. The zero-order valence-electron chi connectivity index (χ0n) is 16.3. The molecule has 140 valence electrons. The molecule has 3 saturated carbocycles. The van der Waals surface area contributed by atoms with E-state index in [9.17, 15) is 5.11 Å². The minimum Gasteiger partial charge on any atom is -0.393 e. The highest BCUT2D eigenvalue weighted by atomic mass is 16.5. The maximum absolute atomic E-state index is 10.4. The standard InChI is InChI=1S/C21H38O3/c1-6-24-14(4)18-11-20(23-5)13(3)16-8-7-15-12(2)19(22)10-9-17(15)21(16)18/h12-22H,6-11H2,1-5H3/t12?,13?,14-,15?,16?,17?,18?,19?,20?,21?/m1/s1. The first-order valence-electron chi connectivity index (χ1n) is 10.3. The zero-order valence-corrected chi connectivity index (χ0v) is 16.3. The van der Waals surface area contributed by atoms with Gasteiger partial charge in [0.25, 0.3) is 0 Å². The van der Waals surface area contributed by atoms with Gasteiger partial charge in [0.2, 0.25) is 0 Å². The van der Waals surface area contributed by atoms with E-state index in [0.717, 1.165) is 37.2 Å². The summed E-state index contributed by atoms with van der Waals surface area (Å²) < 4.78 is 12.0. The Balaban J connectivity index is 1.87. The summed E-state index contributed by atoms with van der Waals surface area (Å²) in [5, 5.41) is 10.4. The summed E-state index contributed by atoms with van der Waals surface area (Å²) in [6, 6.07) is 0. The molecule has 3 rings (SSSR count). The van der Waals surface area contributed by atoms with Crippen molar-refractivity contribution in [1.82, 2.24) is 0 Å². The molecule has 0 saturated heterocycles. The monoisotopic (exact) mass is 338 g/mol. The average Bonchev–Trinajstić information content (AvgIpc) is 2.58. The highest BCUT2D eigenvalue weighted by Gasteiger charge is 2.53. The van der Waals surface area contributed by atoms with Gasteiger partial charge in [0.1, 0.15) is 0 Å². The van der Waals surface area contributed by atoms with Crippen molar-refractivity contribution in [2.45, 2.75) is 78.1 Å². The van der Waals surface area contributed by atoms with E-state index < -0.39 is 0 Å². The molecule has 1 N–H and O–H groups in total. The summed E-state index contributed by atoms with van der Waals surface area (Å²) in [5.74, 6) is 4.71. The van der Waals surface area contributed by atoms with Crippen molar-refractivity contribution < 1.29 is 14.6 Å². The minimum atomic E-state index is -0.0849. The molecule has 3 heteroatoms. The van der Waals surface area contributed by atoms with E-state index in [-0.39, 0.29) is 6.10 Å². The molecule has 24 heavy (non-hydrogen) atoms. The van der Waals surface area contributed by atoms with E-state index in [4.69, 9.17) is 9.47 Å². The normalized spacial score (nSPS) is 50.0. The Bertz CT molecular complexity index is 412.